The first kappa shape index (κ1) is 21.1. The molecule has 0 N–H and O–H groups in total. The molecule has 0 radical (unpaired) electrons. The summed E-state index contributed by atoms with van der Waals surface area (Å²) in [6.07, 6.45) is 0. The number of hydrogen-bond acceptors (Lipinski definition) is 2. The Balaban J connectivity index is 1.60. The molecule has 2 aliphatic heterocycles. The van der Waals surface area contributed by atoms with Crippen molar-refractivity contribution in [1.82, 2.24) is 0 Å². The van der Waals surface area contributed by atoms with Crippen molar-refractivity contribution in [3.05, 3.63) is 132 Å². The van der Waals surface area contributed by atoms with Gasteiger partial charge in [-0.1, -0.05) is 117 Å². The Morgan fingerprint density at radius 3 is 1.89 bits per heavy atom. The predicted molar refractivity (Wildman–Crippen MR) is 151 cm³/mol. The molecule has 0 amide bonds. The highest BCUT2D eigenvalue weighted by atomic mass is 16.5. The monoisotopic (exact) mass is 463 g/mol. The number of benzene rings is 5. The molecule has 0 aromatic heterocycles. The van der Waals surface area contributed by atoms with Crippen molar-refractivity contribution in [1.29, 1.82) is 0 Å². The molecule has 2 aliphatic rings. The van der Waals surface area contributed by atoms with Gasteiger partial charge >= 0.3 is 6.85 Å². The molecule has 172 valence electrons. The summed E-state index contributed by atoms with van der Waals surface area (Å²) in [7, 11) is 0. The van der Waals surface area contributed by atoms with Crippen LogP contribution in [0.15, 0.2) is 121 Å². The number of para-hydroxylation sites is 4. The lowest BCUT2D eigenvalue weighted by Gasteiger charge is -2.46. The SMILES string of the molecule is CC1(C)c2ccccc2N(B2c3ccccc3Oc3ccccc32)c2c(-c3ccccc3)cccc21. The van der Waals surface area contributed by atoms with E-state index in [-0.39, 0.29) is 12.3 Å². The van der Waals surface area contributed by atoms with E-state index in [1.807, 2.05) is 0 Å². The Labute approximate surface area is 212 Å². The molecule has 5 aromatic carbocycles. The largest absolute Gasteiger partial charge is 0.458 e. The van der Waals surface area contributed by atoms with Gasteiger partial charge in [0.25, 0.3) is 0 Å². The summed E-state index contributed by atoms with van der Waals surface area (Å²) >= 11 is 0. The number of nitrogens with zero attached hydrogens (tertiary/aromatic N) is 1. The molecule has 0 fully saturated rings. The highest BCUT2D eigenvalue weighted by Gasteiger charge is 2.45. The lowest BCUT2D eigenvalue weighted by Crippen LogP contribution is -2.59. The van der Waals surface area contributed by atoms with Crippen LogP contribution >= 0.6 is 0 Å². The first-order valence-corrected chi connectivity index (χ1v) is 12.6. The van der Waals surface area contributed by atoms with Crippen LogP contribution in [-0.4, -0.2) is 6.85 Å². The van der Waals surface area contributed by atoms with E-state index in [1.165, 1.54) is 44.6 Å². The Kier molecular flexibility index (Phi) is 4.62. The minimum Gasteiger partial charge on any atom is -0.458 e. The maximum atomic E-state index is 6.40. The zero-order chi connectivity index (χ0) is 24.3. The average Bonchev–Trinajstić information content (AvgIpc) is 2.93. The number of anilines is 2. The Morgan fingerprint density at radius 1 is 0.583 bits per heavy atom. The summed E-state index contributed by atoms with van der Waals surface area (Å²) < 4.78 is 6.40. The normalized spacial score (nSPS) is 14.7. The fourth-order valence-electron chi connectivity index (χ4n) is 6.07. The second-order valence-electron chi connectivity index (χ2n) is 10.2. The predicted octanol–water partition coefficient (Wildman–Crippen LogP) is 7.04. The molecular weight excluding hydrogens is 437 g/mol. The standard InChI is InChI=1S/C33H26BNO/c1-33(2)25-16-6-9-20-29(25)35(32-24(15-12-17-26(32)33)23-13-4-3-5-14-23)34-27-18-7-10-21-30(27)36-31-22-11-8-19-28(31)34/h3-22H,1-2H3. The zero-order valence-electron chi connectivity index (χ0n) is 20.5. The summed E-state index contributed by atoms with van der Waals surface area (Å²) in [6.45, 7) is 4.68. The van der Waals surface area contributed by atoms with Gasteiger partial charge in [0.15, 0.2) is 0 Å². The van der Waals surface area contributed by atoms with E-state index in [9.17, 15) is 0 Å². The molecule has 3 heteroatoms. The fourth-order valence-corrected chi connectivity index (χ4v) is 6.07. The molecule has 7 rings (SSSR count). The van der Waals surface area contributed by atoms with Crippen molar-refractivity contribution in [2.45, 2.75) is 19.3 Å². The number of hydrogen-bond donors (Lipinski definition) is 0. The van der Waals surface area contributed by atoms with Crippen LogP contribution < -0.4 is 20.5 Å². The maximum Gasteiger partial charge on any atom is 0.335 e. The van der Waals surface area contributed by atoms with Gasteiger partial charge in [0.1, 0.15) is 11.5 Å². The van der Waals surface area contributed by atoms with Gasteiger partial charge in [-0.3, -0.25) is 0 Å². The summed E-state index contributed by atoms with van der Waals surface area (Å²) in [5.74, 6) is 1.84. The smallest absolute Gasteiger partial charge is 0.335 e. The van der Waals surface area contributed by atoms with Crippen molar-refractivity contribution in [2.24, 2.45) is 0 Å². The molecule has 0 unspecified atom stereocenters. The second kappa shape index (κ2) is 7.89. The van der Waals surface area contributed by atoms with E-state index < -0.39 is 0 Å². The highest BCUT2D eigenvalue weighted by Crippen LogP contribution is 2.52. The first-order chi connectivity index (χ1) is 17.6. The van der Waals surface area contributed by atoms with Gasteiger partial charge in [-0.05, 0) is 45.8 Å². The quantitative estimate of drug-likeness (QED) is 0.260. The summed E-state index contributed by atoms with van der Waals surface area (Å²) in [4.78, 5) is 2.57. The van der Waals surface area contributed by atoms with Crippen LogP contribution in [0.5, 0.6) is 11.5 Å². The third-order valence-corrected chi connectivity index (χ3v) is 7.78. The van der Waals surface area contributed by atoms with E-state index in [4.69, 9.17) is 4.74 Å². The molecule has 0 saturated carbocycles. The molecule has 36 heavy (non-hydrogen) atoms. The summed E-state index contributed by atoms with van der Waals surface area (Å²) in [5.41, 5.74) is 9.88. The minimum absolute atomic E-state index is 0.0213. The van der Waals surface area contributed by atoms with E-state index in [0.717, 1.165) is 11.5 Å². The molecule has 0 spiro atoms. The van der Waals surface area contributed by atoms with Crippen LogP contribution in [0.4, 0.5) is 11.4 Å². The molecule has 0 atom stereocenters. The van der Waals surface area contributed by atoms with E-state index >= 15 is 0 Å². The van der Waals surface area contributed by atoms with E-state index in [2.05, 4.69) is 140 Å². The van der Waals surface area contributed by atoms with Crippen LogP contribution in [0.2, 0.25) is 0 Å². The van der Waals surface area contributed by atoms with Crippen molar-refractivity contribution in [3.63, 3.8) is 0 Å². The van der Waals surface area contributed by atoms with E-state index in [1.54, 1.807) is 0 Å². The highest BCUT2D eigenvalue weighted by molar-refractivity contribution is 6.90. The van der Waals surface area contributed by atoms with Gasteiger partial charge in [-0.25, -0.2) is 0 Å². The Morgan fingerprint density at radius 2 is 1.17 bits per heavy atom. The van der Waals surface area contributed by atoms with Crippen molar-refractivity contribution < 1.29 is 4.74 Å². The number of fused-ring (bicyclic) bond motifs is 4. The summed E-state index contributed by atoms with van der Waals surface area (Å²) in [5, 5.41) is 0. The van der Waals surface area contributed by atoms with Gasteiger partial charge in [0.05, 0.1) is 0 Å². The second-order valence-corrected chi connectivity index (χ2v) is 10.2. The minimum atomic E-state index is -0.141. The van der Waals surface area contributed by atoms with E-state index in [0.29, 0.717) is 0 Å². The van der Waals surface area contributed by atoms with Crippen molar-refractivity contribution in [2.75, 3.05) is 4.81 Å². The lowest BCUT2D eigenvalue weighted by molar-refractivity contribution is 0.487. The van der Waals surface area contributed by atoms with Crippen LogP contribution in [0, 0.1) is 0 Å². The van der Waals surface area contributed by atoms with Gasteiger partial charge < -0.3 is 9.55 Å². The van der Waals surface area contributed by atoms with Crippen LogP contribution in [0.3, 0.4) is 0 Å². The summed E-state index contributed by atoms with van der Waals surface area (Å²) in [6, 6.07) is 43.4. The van der Waals surface area contributed by atoms with Gasteiger partial charge in [-0.15, -0.1) is 0 Å². The van der Waals surface area contributed by atoms with Crippen LogP contribution in [0.1, 0.15) is 25.0 Å². The molecular formula is C33H26BNO. The maximum absolute atomic E-state index is 6.40. The molecule has 0 saturated heterocycles. The van der Waals surface area contributed by atoms with Crippen molar-refractivity contribution in [3.8, 4) is 22.6 Å². The Bertz CT molecular complexity index is 1560. The first-order valence-electron chi connectivity index (χ1n) is 12.6. The Hall–Kier alpha value is -4.24. The number of ether oxygens (including phenoxy) is 1. The van der Waals surface area contributed by atoms with Crippen molar-refractivity contribution >= 4 is 29.1 Å². The molecule has 2 heterocycles. The van der Waals surface area contributed by atoms with Crippen LogP contribution in [0.25, 0.3) is 11.1 Å². The molecule has 0 bridgehead atoms. The van der Waals surface area contributed by atoms with Gasteiger partial charge in [-0.2, -0.15) is 0 Å². The molecule has 0 aliphatic carbocycles. The zero-order valence-corrected chi connectivity index (χ0v) is 20.5. The fraction of sp³-hybridized carbons (Fsp3) is 0.0909. The molecule has 5 aromatic rings. The average molecular weight is 463 g/mol. The topological polar surface area (TPSA) is 12.5 Å². The third kappa shape index (κ3) is 2.99. The lowest BCUT2D eigenvalue weighted by atomic mass is 9.46. The molecule has 2 nitrogen and oxygen atoms in total. The number of rotatable bonds is 2. The van der Waals surface area contributed by atoms with Gasteiger partial charge in [0.2, 0.25) is 0 Å². The van der Waals surface area contributed by atoms with Crippen LogP contribution in [-0.2, 0) is 5.41 Å². The third-order valence-electron chi connectivity index (χ3n) is 7.78. The van der Waals surface area contributed by atoms with Gasteiger partial charge in [0, 0.05) is 22.4 Å².